The fourth-order valence-corrected chi connectivity index (χ4v) is 1.79. The Hall–Kier alpha value is -0.710. The highest BCUT2D eigenvalue weighted by Crippen LogP contribution is 2.23. The lowest BCUT2D eigenvalue weighted by Gasteiger charge is -2.26. The van der Waals surface area contributed by atoms with Gasteiger partial charge in [0.1, 0.15) is 6.54 Å². The largest absolute Gasteiger partial charge is 0.480 e. The number of nitrogens with zero attached hydrogens (tertiary/aromatic N) is 1. The molecule has 0 bridgehead atoms. The quantitative estimate of drug-likeness (QED) is 0.805. The number of amides is 1. The Labute approximate surface area is 101 Å². The molecule has 1 N–H and O–H groups in total. The SMILES string of the molecule is CC(C)N(CC(=O)O)C(=O)CSC(C)(C)C. The predicted molar refractivity (Wildman–Crippen MR) is 66.7 cm³/mol. The monoisotopic (exact) mass is 247 g/mol. The number of thioether (sulfide) groups is 1. The molecule has 0 spiro atoms. The molecular formula is C11H21NO3S. The maximum Gasteiger partial charge on any atom is 0.323 e. The van der Waals surface area contributed by atoms with Crippen LogP contribution in [0.2, 0.25) is 0 Å². The molecule has 0 aromatic carbocycles. The van der Waals surface area contributed by atoms with Gasteiger partial charge in [-0.25, -0.2) is 0 Å². The van der Waals surface area contributed by atoms with E-state index in [1.807, 2.05) is 34.6 Å². The molecule has 0 heterocycles. The molecule has 0 radical (unpaired) electrons. The van der Waals surface area contributed by atoms with Crippen molar-refractivity contribution >= 4 is 23.6 Å². The molecule has 0 saturated heterocycles. The lowest BCUT2D eigenvalue weighted by Crippen LogP contribution is -2.42. The third kappa shape index (κ3) is 6.71. The zero-order chi connectivity index (χ0) is 12.9. The van der Waals surface area contributed by atoms with Gasteiger partial charge in [-0.3, -0.25) is 9.59 Å². The smallest absolute Gasteiger partial charge is 0.323 e. The van der Waals surface area contributed by atoms with Gasteiger partial charge in [0.05, 0.1) is 5.75 Å². The molecule has 0 aromatic rings. The molecule has 5 heteroatoms. The van der Waals surface area contributed by atoms with Gasteiger partial charge in [0.25, 0.3) is 0 Å². The first-order valence-electron chi connectivity index (χ1n) is 5.28. The minimum absolute atomic E-state index is 0.0154. The van der Waals surface area contributed by atoms with Gasteiger partial charge in [-0.2, -0.15) is 0 Å². The normalized spacial score (nSPS) is 11.6. The van der Waals surface area contributed by atoms with Crippen LogP contribution < -0.4 is 0 Å². The highest BCUT2D eigenvalue weighted by Gasteiger charge is 2.21. The number of carbonyl (C=O) groups is 2. The van der Waals surface area contributed by atoms with Crippen molar-refractivity contribution in [3.63, 3.8) is 0 Å². The molecular weight excluding hydrogens is 226 g/mol. The van der Waals surface area contributed by atoms with E-state index in [0.717, 1.165) is 0 Å². The second-order valence-electron chi connectivity index (χ2n) is 4.91. The van der Waals surface area contributed by atoms with Crippen molar-refractivity contribution in [1.29, 1.82) is 0 Å². The summed E-state index contributed by atoms with van der Waals surface area (Å²) >= 11 is 1.53. The Morgan fingerprint density at radius 3 is 2.12 bits per heavy atom. The lowest BCUT2D eigenvalue weighted by molar-refractivity contribution is -0.144. The minimum Gasteiger partial charge on any atom is -0.480 e. The molecule has 0 unspecified atom stereocenters. The predicted octanol–water partition coefficient (Wildman–Crippen LogP) is 1.84. The molecule has 0 aliphatic rings. The van der Waals surface area contributed by atoms with Crippen LogP contribution in [0.5, 0.6) is 0 Å². The van der Waals surface area contributed by atoms with Crippen LogP contribution in [0.25, 0.3) is 0 Å². The Balaban J connectivity index is 4.34. The van der Waals surface area contributed by atoms with E-state index in [1.54, 1.807) is 0 Å². The first-order valence-corrected chi connectivity index (χ1v) is 6.27. The van der Waals surface area contributed by atoms with Crippen LogP contribution in [0.4, 0.5) is 0 Å². The van der Waals surface area contributed by atoms with Crippen molar-refractivity contribution < 1.29 is 14.7 Å². The van der Waals surface area contributed by atoms with Crippen LogP contribution in [-0.4, -0.2) is 45.0 Å². The average molecular weight is 247 g/mol. The topological polar surface area (TPSA) is 57.6 Å². The van der Waals surface area contributed by atoms with Crippen molar-refractivity contribution in [2.24, 2.45) is 0 Å². The number of carbonyl (C=O) groups excluding carboxylic acids is 1. The molecule has 0 fully saturated rings. The molecule has 1 amide bonds. The van der Waals surface area contributed by atoms with E-state index < -0.39 is 5.97 Å². The fraction of sp³-hybridized carbons (Fsp3) is 0.818. The van der Waals surface area contributed by atoms with E-state index in [2.05, 4.69) is 0 Å². The van der Waals surface area contributed by atoms with Gasteiger partial charge in [-0.15, -0.1) is 11.8 Å². The fourth-order valence-electron chi connectivity index (χ4n) is 1.07. The first-order chi connectivity index (χ1) is 7.13. The van der Waals surface area contributed by atoms with Crippen molar-refractivity contribution in [3.05, 3.63) is 0 Å². The molecule has 0 aliphatic heterocycles. The van der Waals surface area contributed by atoms with Crippen molar-refractivity contribution in [3.8, 4) is 0 Å². The number of carboxylic acids is 1. The third-order valence-corrected chi connectivity index (χ3v) is 3.14. The van der Waals surface area contributed by atoms with E-state index in [1.165, 1.54) is 16.7 Å². The van der Waals surface area contributed by atoms with E-state index >= 15 is 0 Å². The number of rotatable bonds is 5. The summed E-state index contributed by atoms with van der Waals surface area (Å²) < 4.78 is 0.0154. The molecule has 94 valence electrons. The highest BCUT2D eigenvalue weighted by atomic mass is 32.2. The maximum atomic E-state index is 11.8. The second kappa shape index (κ2) is 6.13. The van der Waals surface area contributed by atoms with Gasteiger partial charge in [-0.05, 0) is 13.8 Å². The third-order valence-electron chi connectivity index (χ3n) is 1.88. The molecule has 0 aromatic heterocycles. The zero-order valence-corrected chi connectivity index (χ0v) is 11.4. The standard InChI is InChI=1S/C11H21NO3S/c1-8(2)12(6-10(14)15)9(13)7-16-11(3,4)5/h8H,6-7H2,1-5H3,(H,14,15). The van der Waals surface area contributed by atoms with Crippen LogP contribution in [-0.2, 0) is 9.59 Å². The van der Waals surface area contributed by atoms with E-state index in [-0.39, 0.29) is 23.2 Å². The molecule has 0 rings (SSSR count). The summed E-state index contributed by atoms with van der Waals surface area (Å²) in [6.07, 6.45) is 0. The summed E-state index contributed by atoms with van der Waals surface area (Å²) in [5.41, 5.74) is 0. The zero-order valence-electron chi connectivity index (χ0n) is 10.6. The van der Waals surface area contributed by atoms with Crippen LogP contribution in [0.1, 0.15) is 34.6 Å². The molecule has 0 aliphatic carbocycles. The summed E-state index contributed by atoms with van der Waals surface area (Å²) in [6, 6.07) is -0.0795. The molecule has 4 nitrogen and oxygen atoms in total. The summed E-state index contributed by atoms with van der Waals surface area (Å²) in [6.45, 7) is 9.51. The van der Waals surface area contributed by atoms with E-state index in [9.17, 15) is 9.59 Å². The van der Waals surface area contributed by atoms with Crippen molar-refractivity contribution in [2.45, 2.75) is 45.4 Å². The number of aliphatic carboxylic acids is 1. The Morgan fingerprint density at radius 2 is 1.81 bits per heavy atom. The summed E-state index contributed by atoms with van der Waals surface area (Å²) in [5.74, 6) is -0.755. The lowest BCUT2D eigenvalue weighted by atomic mass is 10.3. The molecule has 0 saturated carbocycles. The van der Waals surface area contributed by atoms with Gasteiger partial charge in [0.2, 0.25) is 5.91 Å². The molecule has 16 heavy (non-hydrogen) atoms. The van der Waals surface area contributed by atoms with Gasteiger partial charge < -0.3 is 10.0 Å². The number of hydrogen-bond donors (Lipinski definition) is 1. The molecule has 0 atom stereocenters. The Kier molecular flexibility index (Phi) is 5.86. The minimum atomic E-state index is -0.970. The van der Waals surface area contributed by atoms with Gasteiger partial charge >= 0.3 is 5.97 Å². The summed E-state index contributed by atoms with van der Waals surface area (Å²) in [5, 5.41) is 8.71. The highest BCUT2D eigenvalue weighted by molar-refractivity contribution is 8.01. The first kappa shape index (κ1) is 15.3. The van der Waals surface area contributed by atoms with Crippen LogP contribution >= 0.6 is 11.8 Å². The van der Waals surface area contributed by atoms with E-state index in [0.29, 0.717) is 5.75 Å². The van der Waals surface area contributed by atoms with Gasteiger partial charge in [-0.1, -0.05) is 20.8 Å². The Bertz CT molecular complexity index is 258. The average Bonchev–Trinajstić information content (AvgIpc) is 2.08. The number of hydrogen-bond acceptors (Lipinski definition) is 3. The van der Waals surface area contributed by atoms with E-state index in [4.69, 9.17) is 5.11 Å². The van der Waals surface area contributed by atoms with Crippen LogP contribution in [0.3, 0.4) is 0 Å². The maximum absolute atomic E-state index is 11.8. The second-order valence-corrected chi connectivity index (χ2v) is 6.71. The van der Waals surface area contributed by atoms with Crippen LogP contribution in [0, 0.1) is 0 Å². The van der Waals surface area contributed by atoms with Crippen molar-refractivity contribution in [2.75, 3.05) is 12.3 Å². The number of carboxylic acid groups (broad SMARTS) is 1. The van der Waals surface area contributed by atoms with Crippen molar-refractivity contribution in [1.82, 2.24) is 4.90 Å². The van der Waals surface area contributed by atoms with Crippen LogP contribution in [0.15, 0.2) is 0 Å². The summed E-state index contributed by atoms with van der Waals surface area (Å²) in [7, 11) is 0. The van der Waals surface area contributed by atoms with Gasteiger partial charge in [0.15, 0.2) is 0 Å². The Morgan fingerprint density at radius 1 is 1.31 bits per heavy atom. The summed E-state index contributed by atoms with van der Waals surface area (Å²) in [4.78, 5) is 23.8. The van der Waals surface area contributed by atoms with Gasteiger partial charge in [0, 0.05) is 10.8 Å².